The summed E-state index contributed by atoms with van der Waals surface area (Å²) in [4.78, 5) is 0. The predicted molar refractivity (Wildman–Crippen MR) is 73.6 cm³/mol. The molecule has 3 heteroatoms. The molecule has 0 bridgehead atoms. The van der Waals surface area contributed by atoms with Gasteiger partial charge in [0.15, 0.2) is 0 Å². The first-order valence-corrected chi connectivity index (χ1v) is 6.69. The van der Waals surface area contributed by atoms with Crippen LogP contribution >= 0.6 is 12.6 Å². The van der Waals surface area contributed by atoms with Crippen molar-refractivity contribution in [3.8, 4) is 11.8 Å². The van der Waals surface area contributed by atoms with Crippen molar-refractivity contribution in [3.05, 3.63) is 29.8 Å². The second-order valence-electron chi connectivity index (χ2n) is 3.97. The van der Waals surface area contributed by atoms with Crippen LogP contribution in [0.2, 0.25) is 0 Å². The van der Waals surface area contributed by atoms with Gasteiger partial charge in [0.25, 0.3) is 0 Å². The Morgan fingerprint density at radius 1 is 1.06 bits per heavy atom. The minimum atomic E-state index is 0.462. The third-order valence-electron chi connectivity index (χ3n) is 2.53. The highest BCUT2D eigenvalue weighted by Gasteiger charge is 1.95. The van der Waals surface area contributed by atoms with Crippen molar-refractivity contribution in [1.82, 2.24) is 0 Å². The Hall–Kier alpha value is -1.14. The van der Waals surface area contributed by atoms with Crippen molar-refractivity contribution in [1.29, 1.82) is 5.26 Å². The van der Waals surface area contributed by atoms with Crippen LogP contribution in [0.15, 0.2) is 24.3 Å². The molecular weight excluding hydrogens is 230 g/mol. The molecule has 0 unspecified atom stereocenters. The highest BCUT2D eigenvalue weighted by molar-refractivity contribution is 7.80. The number of rotatable bonds is 8. The van der Waals surface area contributed by atoms with E-state index >= 15 is 0 Å². The molecule has 0 aromatic heterocycles. The maximum atomic E-state index is 8.55. The topological polar surface area (TPSA) is 33.0 Å². The molecule has 0 aliphatic rings. The molecule has 0 aliphatic heterocycles. The largest absolute Gasteiger partial charge is 0.494 e. The Bertz CT molecular complexity index is 342. The number of unbranched alkanes of at least 4 members (excludes halogenated alkanes) is 3. The van der Waals surface area contributed by atoms with Gasteiger partial charge in [-0.1, -0.05) is 25.0 Å². The van der Waals surface area contributed by atoms with Gasteiger partial charge in [0.2, 0.25) is 0 Å². The van der Waals surface area contributed by atoms with Gasteiger partial charge in [-0.15, -0.1) is 0 Å². The third-order valence-corrected chi connectivity index (χ3v) is 2.84. The molecule has 0 saturated carbocycles. The number of benzene rings is 1. The predicted octanol–water partition coefficient (Wildman–Crippen LogP) is 3.62. The van der Waals surface area contributed by atoms with Gasteiger partial charge >= 0.3 is 0 Å². The van der Waals surface area contributed by atoms with Crippen molar-refractivity contribution < 1.29 is 4.74 Å². The van der Waals surface area contributed by atoms with E-state index in [-0.39, 0.29) is 0 Å². The molecule has 1 rings (SSSR count). The zero-order valence-corrected chi connectivity index (χ0v) is 11.0. The van der Waals surface area contributed by atoms with Crippen LogP contribution in [0.1, 0.15) is 31.2 Å². The van der Waals surface area contributed by atoms with E-state index in [0.29, 0.717) is 6.42 Å². The smallest absolute Gasteiger partial charge is 0.119 e. The molecule has 17 heavy (non-hydrogen) atoms. The maximum Gasteiger partial charge on any atom is 0.119 e. The second-order valence-corrected chi connectivity index (χ2v) is 4.41. The normalized spacial score (nSPS) is 9.88. The quantitative estimate of drug-likeness (QED) is 0.564. The minimum absolute atomic E-state index is 0.462. The molecule has 0 heterocycles. The zero-order chi connectivity index (χ0) is 12.3. The highest BCUT2D eigenvalue weighted by atomic mass is 32.1. The maximum absolute atomic E-state index is 8.55. The van der Waals surface area contributed by atoms with Crippen LogP contribution in [-0.2, 0) is 6.42 Å². The number of hydrogen-bond acceptors (Lipinski definition) is 3. The van der Waals surface area contributed by atoms with Crippen LogP contribution in [0, 0.1) is 11.3 Å². The zero-order valence-electron chi connectivity index (χ0n) is 10.1. The van der Waals surface area contributed by atoms with E-state index in [2.05, 4.69) is 18.7 Å². The summed E-state index contributed by atoms with van der Waals surface area (Å²) in [7, 11) is 0. The van der Waals surface area contributed by atoms with Crippen molar-refractivity contribution >= 4 is 12.6 Å². The Kier molecular flexibility index (Phi) is 7.33. The molecule has 0 atom stereocenters. The van der Waals surface area contributed by atoms with Crippen LogP contribution in [0.4, 0.5) is 0 Å². The van der Waals surface area contributed by atoms with Gasteiger partial charge in [-0.3, -0.25) is 0 Å². The number of thiol groups is 1. The van der Waals surface area contributed by atoms with Gasteiger partial charge in [0, 0.05) is 0 Å². The van der Waals surface area contributed by atoms with E-state index in [1.165, 1.54) is 19.3 Å². The number of ether oxygens (including phenoxy) is 1. The number of nitrogens with zero attached hydrogens (tertiary/aromatic N) is 1. The number of hydrogen-bond donors (Lipinski definition) is 1. The van der Waals surface area contributed by atoms with Crippen molar-refractivity contribution in [3.63, 3.8) is 0 Å². The van der Waals surface area contributed by atoms with Gasteiger partial charge in [-0.2, -0.15) is 17.9 Å². The summed E-state index contributed by atoms with van der Waals surface area (Å²) in [6.07, 6.45) is 5.17. The first kappa shape index (κ1) is 13.9. The fourth-order valence-electron chi connectivity index (χ4n) is 1.55. The molecule has 0 aliphatic carbocycles. The Morgan fingerprint density at radius 3 is 2.41 bits per heavy atom. The molecule has 0 radical (unpaired) electrons. The molecule has 1 aromatic carbocycles. The van der Waals surface area contributed by atoms with E-state index in [9.17, 15) is 0 Å². The van der Waals surface area contributed by atoms with E-state index in [1.807, 2.05) is 24.3 Å². The molecule has 92 valence electrons. The van der Waals surface area contributed by atoms with Gasteiger partial charge < -0.3 is 4.74 Å². The Morgan fingerprint density at radius 2 is 1.76 bits per heavy atom. The highest BCUT2D eigenvalue weighted by Crippen LogP contribution is 2.13. The fraction of sp³-hybridized carbons (Fsp3) is 0.500. The van der Waals surface area contributed by atoms with Crippen molar-refractivity contribution in [2.75, 3.05) is 12.4 Å². The van der Waals surface area contributed by atoms with Gasteiger partial charge in [0.05, 0.1) is 19.1 Å². The Balaban J connectivity index is 2.17. The lowest BCUT2D eigenvalue weighted by Crippen LogP contribution is -1.97. The van der Waals surface area contributed by atoms with Crippen LogP contribution in [0.25, 0.3) is 0 Å². The molecule has 2 nitrogen and oxygen atoms in total. The van der Waals surface area contributed by atoms with E-state index in [1.54, 1.807) is 0 Å². The van der Waals surface area contributed by atoms with Crippen LogP contribution in [0.3, 0.4) is 0 Å². The SMILES string of the molecule is N#CCc1ccc(OCCCCCCS)cc1. The average Bonchev–Trinajstić information content (AvgIpc) is 2.36. The lowest BCUT2D eigenvalue weighted by atomic mass is 10.2. The van der Waals surface area contributed by atoms with E-state index < -0.39 is 0 Å². The van der Waals surface area contributed by atoms with E-state index in [4.69, 9.17) is 10.00 Å². The lowest BCUT2D eigenvalue weighted by Gasteiger charge is -2.06. The lowest BCUT2D eigenvalue weighted by molar-refractivity contribution is 0.305. The second kappa shape index (κ2) is 8.95. The molecule has 0 saturated heterocycles. The minimum Gasteiger partial charge on any atom is -0.494 e. The summed E-state index contributed by atoms with van der Waals surface area (Å²) in [6.45, 7) is 0.768. The van der Waals surface area contributed by atoms with Crippen LogP contribution in [0.5, 0.6) is 5.75 Å². The third kappa shape index (κ3) is 6.23. The first-order valence-electron chi connectivity index (χ1n) is 6.06. The van der Waals surface area contributed by atoms with Crippen molar-refractivity contribution in [2.45, 2.75) is 32.1 Å². The molecule has 0 amide bonds. The van der Waals surface area contributed by atoms with Gasteiger partial charge in [-0.05, 0) is 36.3 Å². The van der Waals surface area contributed by atoms with Gasteiger partial charge in [-0.25, -0.2) is 0 Å². The molecule has 1 aromatic rings. The Labute approximate surface area is 109 Å². The summed E-state index contributed by atoms with van der Waals surface area (Å²) in [6, 6.07) is 9.88. The average molecular weight is 249 g/mol. The molecular formula is C14H19NOS. The summed E-state index contributed by atoms with van der Waals surface area (Å²) in [5.41, 5.74) is 1.04. The monoisotopic (exact) mass is 249 g/mol. The fourth-order valence-corrected chi connectivity index (χ4v) is 1.78. The van der Waals surface area contributed by atoms with Gasteiger partial charge in [0.1, 0.15) is 5.75 Å². The molecule has 0 spiro atoms. The first-order chi connectivity index (χ1) is 8.36. The summed E-state index contributed by atoms with van der Waals surface area (Å²) in [5.74, 6) is 1.86. The summed E-state index contributed by atoms with van der Waals surface area (Å²) in [5, 5.41) is 8.55. The summed E-state index contributed by atoms with van der Waals surface area (Å²) < 4.78 is 5.62. The van der Waals surface area contributed by atoms with Crippen LogP contribution < -0.4 is 4.74 Å². The molecule has 0 N–H and O–H groups in total. The van der Waals surface area contributed by atoms with E-state index in [0.717, 1.165) is 30.1 Å². The summed E-state index contributed by atoms with van der Waals surface area (Å²) >= 11 is 4.18. The standard InChI is InChI=1S/C14H19NOS/c15-10-9-13-5-7-14(8-6-13)16-11-3-1-2-4-12-17/h5-8,17H,1-4,9,11-12H2. The number of nitriles is 1. The molecule has 0 fully saturated rings. The van der Waals surface area contributed by atoms with Crippen LogP contribution in [-0.4, -0.2) is 12.4 Å². The van der Waals surface area contributed by atoms with Crippen molar-refractivity contribution in [2.24, 2.45) is 0 Å².